The first-order valence-corrected chi connectivity index (χ1v) is 6.99. The van der Waals surface area contributed by atoms with Crippen molar-refractivity contribution >= 4 is 27.3 Å². The van der Waals surface area contributed by atoms with Gasteiger partial charge in [0.25, 0.3) is 0 Å². The van der Waals surface area contributed by atoms with Crippen molar-refractivity contribution < 1.29 is 22.7 Å². The summed E-state index contributed by atoms with van der Waals surface area (Å²) in [4.78, 5) is 13.8. The second-order valence-electron chi connectivity index (χ2n) is 4.90. The second kappa shape index (κ2) is 5.36. The van der Waals surface area contributed by atoms with Crippen molar-refractivity contribution in [1.29, 1.82) is 0 Å². The van der Waals surface area contributed by atoms with Crippen molar-refractivity contribution in [2.24, 2.45) is 0 Å². The lowest BCUT2D eigenvalue weighted by molar-refractivity contribution is -0.137. The molecule has 0 radical (unpaired) electrons. The maximum Gasteiger partial charge on any atom is 0.416 e. The summed E-state index contributed by atoms with van der Waals surface area (Å²) in [5, 5.41) is -0.876. The molecule has 0 aliphatic carbocycles. The molecule has 114 valence electrons. The van der Waals surface area contributed by atoms with Gasteiger partial charge in [-0.2, -0.15) is 13.2 Å². The Kier molecular flexibility index (Phi) is 4.06. The fourth-order valence-electron chi connectivity index (χ4n) is 2.07. The van der Waals surface area contributed by atoms with Crippen LogP contribution in [0.15, 0.2) is 24.1 Å². The van der Waals surface area contributed by atoms with E-state index < -0.39 is 16.8 Å². The van der Waals surface area contributed by atoms with Gasteiger partial charge in [0.1, 0.15) is 0 Å². The Balaban J connectivity index is 2.64. The summed E-state index contributed by atoms with van der Waals surface area (Å²) in [7, 11) is 3.33. The number of carbonyl (C=O) groups excluding carboxylic acids is 1. The van der Waals surface area contributed by atoms with Crippen molar-refractivity contribution in [3.8, 4) is 0 Å². The normalized spacial score (nSPS) is 19.0. The fourth-order valence-corrected chi connectivity index (χ4v) is 2.48. The average molecular weight is 364 g/mol. The molecule has 7 heteroatoms. The molecule has 1 aromatic rings. The number of ether oxygens (including phenoxy) is 1. The maximum absolute atomic E-state index is 12.9. The van der Waals surface area contributed by atoms with Gasteiger partial charge in [0.2, 0.25) is 16.7 Å². The Morgan fingerprint density at radius 2 is 1.90 bits per heavy atom. The SMILES string of the molecule is Cc1ccc(C(F)(F)F)cc1C1=C(N(C)C)OC(Br)C1=O. The fraction of sp³-hybridized carbons (Fsp3) is 0.357. The molecule has 1 atom stereocenters. The molecule has 1 heterocycles. The van der Waals surface area contributed by atoms with E-state index in [4.69, 9.17) is 4.74 Å². The quantitative estimate of drug-likeness (QED) is 0.752. The van der Waals surface area contributed by atoms with Crippen LogP contribution in [0.5, 0.6) is 0 Å². The summed E-state index contributed by atoms with van der Waals surface area (Å²) in [5.41, 5.74) is 0.182. The van der Waals surface area contributed by atoms with E-state index in [-0.39, 0.29) is 22.8 Å². The number of hydrogen-bond acceptors (Lipinski definition) is 3. The smallest absolute Gasteiger partial charge is 0.416 e. The zero-order valence-corrected chi connectivity index (χ0v) is 13.2. The van der Waals surface area contributed by atoms with Gasteiger partial charge in [-0.3, -0.25) is 4.79 Å². The Labute approximate surface area is 128 Å². The standard InChI is InChI=1S/C14H13BrF3NO2/c1-7-4-5-8(14(16,17)18)6-9(7)10-11(20)12(15)21-13(10)19(2)3/h4-6,12H,1-3H3. The Bertz CT molecular complexity index is 623. The molecule has 0 amide bonds. The van der Waals surface area contributed by atoms with Crippen LogP contribution in [0.4, 0.5) is 13.2 Å². The molecule has 1 aromatic carbocycles. The minimum atomic E-state index is -4.46. The van der Waals surface area contributed by atoms with Crippen LogP contribution in [0.1, 0.15) is 16.7 Å². The minimum absolute atomic E-state index is 0.158. The molecule has 3 nitrogen and oxygen atoms in total. The Morgan fingerprint density at radius 3 is 2.43 bits per heavy atom. The third kappa shape index (κ3) is 2.92. The monoisotopic (exact) mass is 363 g/mol. The first-order chi connectivity index (χ1) is 9.62. The van der Waals surface area contributed by atoms with Gasteiger partial charge in [0, 0.05) is 14.1 Å². The minimum Gasteiger partial charge on any atom is -0.455 e. The van der Waals surface area contributed by atoms with E-state index in [1.165, 1.54) is 6.07 Å². The number of benzene rings is 1. The van der Waals surface area contributed by atoms with Crippen LogP contribution < -0.4 is 0 Å². The van der Waals surface area contributed by atoms with Gasteiger partial charge >= 0.3 is 6.18 Å². The van der Waals surface area contributed by atoms with Gasteiger partial charge < -0.3 is 9.64 Å². The van der Waals surface area contributed by atoms with Crippen LogP contribution in [-0.4, -0.2) is 29.8 Å². The van der Waals surface area contributed by atoms with Crippen molar-refractivity contribution in [3.05, 3.63) is 40.8 Å². The summed E-state index contributed by atoms with van der Waals surface area (Å²) in [5.74, 6) is -0.134. The number of halogens is 4. The highest BCUT2D eigenvalue weighted by molar-refractivity contribution is 9.09. The lowest BCUT2D eigenvalue weighted by Gasteiger charge is -2.16. The van der Waals surface area contributed by atoms with E-state index in [1.54, 1.807) is 25.9 Å². The number of hydrogen-bond donors (Lipinski definition) is 0. The summed E-state index contributed by atoms with van der Waals surface area (Å²) < 4.78 is 44.0. The summed E-state index contributed by atoms with van der Waals surface area (Å²) in [6, 6.07) is 3.34. The number of Topliss-reactive ketones (excluding diaryl/α,β-unsaturated/α-hetero) is 1. The highest BCUT2D eigenvalue weighted by Crippen LogP contribution is 2.38. The van der Waals surface area contributed by atoms with Crippen molar-refractivity contribution in [2.45, 2.75) is 18.1 Å². The lowest BCUT2D eigenvalue weighted by Crippen LogP contribution is -2.13. The molecule has 0 aromatic heterocycles. The molecule has 2 rings (SSSR count). The molecule has 1 aliphatic rings. The zero-order valence-electron chi connectivity index (χ0n) is 11.6. The van der Waals surface area contributed by atoms with Gasteiger partial charge in [-0.05, 0) is 46.1 Å². The van der Waals surface area contributed by atoms with E-state index in [9.17, 15) is 18.0 Å². The molecule has 21 heavy (non-hydrogen) atoms. The van der Waals surface area contributed by atoms with Crippen molar-refractivity contribution in [2.75, 3.05) is 14.1 Å². The van der Waals surface area contributed by atoms with Crippen molar-refractivity contribution in [1.82, 2.24) is 4.90 Å². The Hall–Kier alpha value is -1.50. The third-order valence-electron chi connectivity index (χ3n) is 3.12. The highest BCUT2D eigenvalue weighted by atomic mass is 79.9. The number of alkyl halides is 4. The molecule has 0 saturated carbocycles. The average Bonchev–Trinajstić information content (AvgIpc) is 2.66. The summed E-state index contributed by atoms with van der Waals surface area (Å²) >= 11 is 3.07. The molecular formula is C14H13BrF3NO2. The molecule has 0 fully saturated rings. The number of aryl methyl sites for hydroxylation is 1. The summed E-state index contributed by atoms with van der Waals surface area (Å²) in [6.07, 6.45) is -4.46. The molecule has 1 unspecified atom stereocenters. The van der Waals surface area contributed by atoms with Crippen molar-refractivity contribution in [3.63, 3.8) is 0 Å². The lowest BCUT2D eigenvalue weighted by atomic mass is 9.96. The van der Waals surface area contributed by atoms with Gasteiger partial charge in [-0.25, -0.2) is 0 Å². The summed E-state index contributed by atoms with van der Waals surface area (Å²) in [6.45, 7) is 1.66. The van der Waals surface area contributed by atoms with Gasteiger partial charge in [0.15, 0.2) is 0 Å². The molecule has 0 N–H and O–H groups in total. The molecule has 1 aliphatic heterocycles. The van der Waals surface area contributed by atoms with E-state index in [2.05, 4.69) is 15.9 Å². The van der Waals surface area contributed by atoms with E-state index >= 15 is 0 Å². The van der Waals surface area contributed by atoms with Crippen LogP contribution in [0.25, 0.3) is 5.57 Å². The predicted octanol–water partition coefficient (Wildman–Crippen LogP) is 3.56. The topological polar surface area (TPSA) is 29.5 Å². The largest absolute Gasteiger partial charge is 0.455 e. The molecule has 0 bridgehead atoms. The number of carbonyl (C=O) groups is 1. The third-order valence-corrected chi connectivity index (χ3v) is 3.72. The van der Waals surface area contributed by atoms with Crippen LogP contribution in [0.3, 0.4) is 0 Å². The van der Waals surface area contributed by atoms with Gasteiger partial charge in [-0.15, -0.1) is 0 Å². The zero-order chi connectivity index (χ0) is 15.9. The maximum atomic E-state index is 12.9. The highest BCUT2D eigenvalue weighted by Gasteiger charge is 2.37. The van der Waals surface area contributed by atoms with Gasteiger partial charge in [-0.1, -0.05) is 6.07 Å². The van der Waals surface area contributed by atoms with E-state index in [0.717, 1.165) is 12.1 Å². The Morgan fingerprint density at radius 1 is 1.29 bits per heavy atom. The number of nitrogens with zero attached hydrogens (tertiary/aromatic N) is 1. The van der Waals surface area contributed by atoms with Gasteiger partial charge in [0.05, 0.1) is 11.1 Å². The number of rotatable bonds is 2. The first kappa shape index (κ1) is 15.9. The first-order valence-electron chi connectivity index (χ1n) is 6.07. The molecule has 0 spiro atoms. The van der Waals surface area contributed by atoms with Crippen LogP contribution >= 0.6 is 15.9 Å². The van der Waals surface area contributed by atoms with Crippen LogP contribution in [0.2, 0.25) is 0 Å². The van der Waals surface area contributed by atoms with E-state index in [0.29, 0.717) is 5.56 Å². The van der Waals surface area contributed by atoms with Crippen LogP contribution in [0, 0.1) is 6.92 Å². The second-order valence-corrected chi connectivity index (χ2v) is 5.73. The van der Waals surface area contributed by atoms with Crippen LogP contribution in [-0.2, 0) is 15.7 Å². The van der Waals surface area contributed by atoms with E-state index in [1.807, 2.05) is 0 Å². The molecule has 0 saturated heterocycles. The number of ketones is 1. The predicted molar refractivity (Wildman–Crippen MR) is 75.6 cm³/mol. The molecular weight excluding hydrogens is 351 g/mol.